The fraction of sp³-hybridized carbons (Fsp3) is 0.278. The molecule has 0 aliphatic carbocycles. The summed E-state index contributed by atoms with van der Waals surface area (Å²) in [6, 6.07) is 15.9. The van der Waals surface area contributed by atoms with Crippen LogP contribution >= 0.6 is 0 Å². The highest BCUT2D eigenvalue weighted by molar-refractivity contribution is 5.73. The summed E-state index contributed by atoms with van der Waals surface area (Å²) in [5.74, 6) is 0.544. The first kappa shape index (κ1) is 15.1. The summed E-state index contributed by atoms with van der Waals surface area (Å²) in [4.78, 5) is 11.5. The highest BCUT2D eigenvalue weighted by atomic mass is 16.5. The lowest BCUT2D eigenvalue weighted by atomic mass is 10.0. The van der Waals surface area contributed by atoms with Crippen LogP contribution in [-0.4, -0.2) is 13.1 Å². The van der Waals surface area contributed by atoms with E-state index in [0.717, 1.165) is 28.9 Å². The number of ether oxygens (including phenoxy) is 2. The van der Waals surface area contributed by atoms with Crippen molar-refractivity contribution in [1.82, 2.24) is 0 Å². The molecule has 0 aliphatic heterocycles. The fourth-order valence-corrected chi connectivity index (χ4v) is 2.20. The van der Waals surface area contributed by atoms with Gasteiger partial charge in [0.25, 0.3) is 0 Å². The Morgan fingerprint density at radius 1 is 1.00 bits per heavy atom. The lowest BCUT2D eigenvalue weighted by molar-refractivity contribution is -0.139. The van der Waals surface area contributed by atoms with Crippen LogP contribution in [0.15, 0.2) is 48.5 Å². The zero-order valence-corrected chi connectivity index (χ0v) is 12.5. The van der Waals surface area contributed by atoms with Crippen molar-refractivity contribution < 1.29 is 14.3 Å². The summed E-state index contributed by atoms with van der Waals surface area (Å²) in [7, 11) is 1.40. The Labute approximate surface area is 125 Å². The van der Waals surface area contributed by atoms with E-state index in [1.165, 1.54) is 7.11 Å². The molecule has 0 bridgehead atoms. The van der Waals surface area contributed by atoms with Crippen molar-refractivity contribution >= 4 is 5.97 Å². The summed E-state index contributed by atoms with van der Waals surface area (Å²) >= 11 is 0. The molecule has 0 unspecified atom stereocenters. The van der Waals surface area contributed by atoms with Gasteiger partial charge in [-0.15, -0.1) is 0 Å². The third kappa shape index (κ3) is 4.09. The van der Waals surface area contributed by atoms with E-state index >= 15 is 0 Å². The average Bonchev–Trinajstić information content (AvgIpc) is 2.54. The standard InChI is InChI=1S/C18H20O3/c1-3-15-10-7-11-16(12-17(19)20-2)18(15)21-13-14-8-5-4-6-9-14/h4-11H,3,12-13H2,1-2H3. The molecule has 110 valence electrons. The van der Waals surface area contributed by atoms with E-state index < -0.39 is 0 Å². The van der Waals surface area contributed by atoms with Gasteiger partial charge >= 0.3 is 5.97 Å². The van der Waals surface area contributed by atoms with E-state index in [9.17, 15) is 4.79 Å². The zero-order chi connectivity index (χ0) is 15.1. The Balaban J connectivity index is 2.20. The van der Waals surface area contributed by atoms with Gasteiger partial charge in [0.2, 0.25) is 0 Å². The predicted octanol–water partition coefficient (Wildman–Crippen LogP) is 3.54. The van der Waals surface area contributed by atoms with Crippen molar-refractivity contribution in [1.29, 1.82) is 0 Å². The smallest absolute Gasteiger partial charge is 0.310 e. The zero-order valence-electron chi connectivity index (χ0n) is 12.5. The predicted molar refractivity (Wildman–Crippen MR) is 82.3 cm³/mol. The normalized spacial score (nSPS) is 10.2. The SMILES string of the molecule is CCc1cccc(CC(=O)OC)c1OCc1ccccc1. The number of aryl methyl sites for hydroxylation is 1. The number of methoxy groups -OCH3 is 1. The van der Waals surface area contributed by atoms with Gasteiger partial charge in [0.15, 0.2) is 0 Å². The number of carbonyl (C=O) groups excluding carboxylic acids is 1. The second kappa shape index (κ2) is 7.48. The van der Waals surface area contributed by atoms with Gasteiger partial charge in [-0.25, -0.2) is 0 Å². The third-order valence-electron chi connectivity index (χ3n) is 3.35. The minimum atomic E-state index is -0.257. The van der Waals surface area contributed by atoms with Crippen LogP contribution in [-0.2, 0) is 29.0 Å². The minimum absolute atomic E-state index is 0.231. The first-order chi connectivity index (χ1) is 10.2. The van der Waals surface area contributed by atoms with Crippen molar-refractivity contribution in [3.05, 3.63) is 65.2 Å². The minimum Gasteiger partial charge on any atom is -0.488 e. The molecule has 21 heavy (non-hydrogen) atoms. The van der Waals surface area contributed by atoms with Crippen LogP contribution in [0.25, 0.3) is 0 Å². The number of benzene rings is 2. The molecule has 0 N–H and O–H groups in total. The molecule has 2 aromatic carbocycles. The number of hydrogen-bond acceptors (Lipinski definition) is 3. The molecule has 0 spiro atoms. The summed E-state index contributed by atoms with van der Waals surface area (Å²) < 4.78 is 10.7. The van der Waals surface area contributed by atoms with E-state index in [1.54, 1.807) is 0 Å². The van der Waals surface area contributed by atoms with E-state index in [-0.39, 0.29) is 12.4 Å². The van der Waals surface area contributed by atoms with Crippen LogP contribution in [0.2, 0.25) is 0 Å². The Kier molecular flexibility index (Phi) is 5.38. The molecular weight excluding hydrogens is 264 g/mol. The molecule has 0 aliphatic rings. The van der Waals surface area contributed by atoms with Gasteiger partial charge in [0.05, 0.1) is 13.5 Å². The maximum Gasteiger partial charge on any atom is 0.310 e. The van der Waals surface area contributed by atoms with Gasteiger partial charge in [0.1, 0.15) is 12.4 Å². The molecule has 3 heteroatoms. The summed E-state index contributed by atoms with van der Waals surface area (Å²) in [6.45, 7) is 2.57. The van der Waals surface area contributed by atoms with Gasteiger partial charge in [0, 0.05) is 5.56 Å². The molecule has 2 aromatic rings. The molecule has 3 nitrogen and oxygen atoms in total. The molecule has 2 rings (SSSR count). The van der Waals surface area contributed by atoms with Gasteiger partial charge in [-0.1, -0.05) is 55.5 Å². The van der Waals surface area contributed by atoms with Crippen molar-refractivity contribution in [2.24, 2.45) is 0 Å². The van der Waals surface area contributed by atoms with Crippen LogP contribution in [0, 0.1) is 0 Å². The van der Waals surface area contributed by atoms with Crippen molar-refractivity contribution in [2.45, 2.75) is 26.4 Å². The number of hydrogen-bond donors (Lipinski definition) is 0. The topological polar surface area (TPSA) is 35.5 Å². The molecule has 0 atom stereocenters. The molecule has 0 heterocycles. The molecule has 0 saturated carbocycles. The summed E-state index contributed by atoms with van der Waals surface area (Å²) in [6.07, 6.45) is 1.09. The fourth-order valence-electron chi connectivity index (χ4n) is 2.20. The first-order valence-corrected chi connectivity index (χ1v) is 7.09. The van der Waals surface area contributed by atoms with E-state index in [0.29, 0.717) is 6.61 Å². The Morgan fingerprint density at radius 3 is 2.38 bits per heavy atom. The molecular formula is C18H20O3. The molecule has 0 amide bonds. The molecule has 0 aromatic heterocycles. The lowest BCUT2D eigenvalue weighted by Crippen LogP contribution is -2.08. The van der Waals surface area contributed by atoms with Crippen molar-refractivity contribution in [3.8, 4) is 5.75 Å². The summed E-state index contributed by atoms with van der Waals surface area (Å²) in [5.41, 5.74) is 3.08. The van der Waals surface area contributed by atoms with Crippen LogP contribution in [0.5, 0.6) is 5.75 Å². The number of esters is 1. The molecule has 0 fully saturated rings. The van der Waals surface area contributed by atoms with E-state index in [2.05, 4.69) is 6.92 Å². The second-order valence-electron chi connectivity index (χ2n) is 4.79. The largest absolute Gasteiger partial charge is 0.488 e. The second-order valence-corrected chi connectivity index (χ2v) is 4.79. The quantitative estimate of drug-likeness (QED) is 0.761. The Hall–Kier alpha value is -2.29. The monoisotopic (exact) mass is 284 g/mol. The Bertz CT molecular complexity index is 591. The van der Waals surface area contributed by atoms with Crippen molar-refractivity contribution in [2.75, 3.05) is 7.11 Å². The maximum absolute atomic E-state index is 11.5. The van der Waals surface area contributed by atoms with Crippen LogP contribution in [0.1, 0.15) is 23.6 Å². The number of rotatable bonds is 6. The van der Waals surface area contributed by atoms with Crippen molar-refractivity contribution in [3.63, 3.8) is 0 Å². The lowest BCUT2D eigenvalue weighted by Gasteiger charge is -2.15. The highest BCUT2D eigenvalue weighted by Gasteiger charge is 2.12. The van der Waals surface area contributed by atoms with Gasteiger partial charge in [-0.3, -0.25) is 4.79 Å². The van der Waals surface area contributed by atoms with Gasteiger partial charge in [-0.05, 0) is 17.5 Å². The summed E-state index contributed by atoms with van der Waals surface area (Å²) in [5, 5.41) is 0. The van der Waals surface area contributed by atoms with Crippen LogP contribution < -0.4 is 4.74 Å². The maximum atomic E-state index is 11.5. The number of para-hydroxylation sites is 1. The van der Waals surface area contributed by atoms with Gasteiger partial charge < -0.3 is 9.47 Å². The van der Waals surface area contributed by atoms with E-state index in [4.69, 9.17) is 9.47 Å². The molecule has 0 radical (unpaired) electrons. The molecule has 0 saturated heterocycles. The average molecular weight is 284 g/mol. The first-order valence-electron chi connectivity index (χ1n) is 7.09. The van der Waals surface area contributed by atoms with Crippen LogP contribution in [0.4, 0.5) is 0 Å². The Morgan fingerprint density at radius 2 is 1.71 bits per heavy atom. The highest BCUT2D eigenvalue weighted by Crippen LogP contribution is 2.26. The number of carbonyl (C=O) groups is 1. The van der Waals surface area contributed by atoms with Crippen LogP contribution in [0.3, 0.4) is 0 Å². The third-order valence-corrected chi connectivity index (χ3v) is 3.35. The van der Waals surface area contributed by atoms with Gasteiger partial charge in [-0.2, -0.15) is 0 Å². The van der Waals surface area contributed by atoms with E-state index in [1.807, 2.05) is 48.5 Å².